The zero-order valence-corrected chi connectivity index (χ0v) is 25.7. The number of ether oxygens (including phenoxy) is 1. The molecule has 45 heavy (non-hydrogen) atoms. The van der Waals surface area contributed by atoms with Gasteiger partial charge in [0.1, 0.15) is 16.9 Å². The highest BCUT2D eigenvalue weighted by Gasteiger charge is 2.40. The molecule has 2 aliphatic heterocycles. The molecule has 5 aromatic rings. The van der Waals surface area contributed by atoms with Crippen molar-refractivity contribution < 1.29 is 14.3 Å². The number of pyridine rings is 1. The summed E-state index contributed by atoms with van der Waals surface area (Å²) in [7, 11) is 3.68. The van der Waals surface area contributed by atoms with Gasteiger partial charge >= 0.3 is 0 Å². The normalized spacial score (nSPS) is 20.7. The fraction of sp³-hybridized carbons (Fsp3) is 0.389. The largest absolute Gasteiger partial charge is 0.494 e. The van der Waals surface area contributed by atoms with E-state index in [1.54, 1.807) is 7.11 Å². The molecule has 2 amide bonds. The second kappa shape index (κ2) is 9.92. The Morgan fingerprint density at radius 3 is 2.71 bits per heavy atom. The number of imidazole rings is 1. The van der Waals surface area contributed by atoms with Crippen LogP contribution in [-0.2, 0) is 20.0 Å². The fourth-order valence-corrected chi connectivity index (χ4v) is 7.95. The average Bonchev–Trinajstić information content (AvgIpc) is 3.34. The molecule has 9 rings (SSSR count). The Morgan fingerprint density at radius 1 is 1.04 bits per heavy atom. The Bertz CT molecular complexity index is 2050. The summed E-state index contributed by atoms with van der Waals surface area (Å²) in [6.45, 7) is 2.40. The van der Waals surface area contributed by atoms with E-state index in [4.69, 9.17) is 14.7 Å². The molecule has 228 valence electrons. The molecule has 0 spiro atoms. The molecule has 2 aliphatic carbocycles. The van der Waals surface area contributed by atoms with Crippen LogP contribution >= 0.6 is 0 Å². The summed E-state index contributed by atoms with van der Waals surface area (Å²) in [5.41, 5.74) is 7.77. The number of carbonyl (C=O) groups is 2. The van der Waals surface area contributed by atoms with Gasteiger partial charge < -0.3 is 24.1 Å². The van der Waals surface area contributed by atoms with Crippen LogP contribution in [0.4, 0.5) is 0 Å². The van der Waals surface area contributed by atoms with Crippen molar-refractivity contribution in [3.05, 3.63) is 65.2 Å². The maximum absolute atomic E-state index is 13.7. The van der Waals surface area contributed by atoms with E-state index in [9.17, 15) is 9.59 Å². The van der Waals surface area contributed by atoms with Crippen LogP contribution in [-0.4, -0.2) is 62.1 Å². The Hall–Kier alpha value is -4.66. The van der Waals surface area contributed by atoms with Crippen LogP contribution in [0.15, 0.2) is 48.5 Å². The van der Waals surface area contributed by atoms with E-state index in [0.717, 1.165) is 88.3 Å². The van der Waals surface area contributed by atoms with Gasteiger partial charge in [0.15, 0.2) is 5.82 Å². The summed E-state index contributed by atoms with van der Waals surface area (Å²) in [5, 5.41) is 4.00. The van der Waals surface area contributed by atoms with Crippen LogP contribution in [0.2, 0.25) is 0 Å². The Kier molecular flexibility index (Phi) is 5.89. The third-order valence-corrected chi connectivity index (χ3v) is 10.5. The van der Waals surface area contributed by atoms with E-state index >= 15 is 0 Å². The molecule has 1 N–H and O–H groups in total. The van der Waals surface area contributed by atoms with Crippen molar-refractivity contribution in [2.75, 3.05) is 20.2 Å². The second-order valence-corrected chi connectivity index (χ2v) is 13.4. The molecular weight excluding hydrogens is 564 g/mol. The van der Waals surface area contributed by atoms with Gasteiger partial charge in [0.05, 0.1) is 24.0 Å². The van der Waals surface area contributed by atoms with Crippen LogP contribution in [0.1, 0.15) is 58.4 Å². The lowest BCUT2D eigenvalue weighted by Gasteiger charge is -2.27. The van der Waals surface area contributed by atoms with E-state index in [2.05, 4.69) is 43.6 Å². The first-order chi connectivity index (χ1) is 21.9. The molecule has 9 nitrogen and oxygen atoms in total. The summed E-state index contributed by atoms with van der Waals surface area (Å²) < 4.78 is 10.3. The third kappa shape index (κ3) is 4.27. The molecule has 2 aromatic carbocycles. The zero-order chi connectivity index (χ0) is 30.4. The van der Waals surface area contributed by atoms with Gasteiger partial charge in [-0.15, -0.1) is 0 Å². The molecule has 4 aliphatic rings. The highest BCUT2D eigenvalue weighted by atomic mass is 16.5. The van der Waals surface area contributed by atoms with Crippen LogP contribution in [0.25, 0.3) is 44.8 Å². The first-order valence-electron chi connectivity index (χ1n) is 16.2. The van der Waals surface area contributed by atoms with Crippen molar-refractivity contribution in [2.45, 2.75) is 51.1 Å². The quantitative estimate of drug-likeness (QED) is 0.275. The van der Waals surface area contributed by atoms with Crippen molar-refractivity contribution in [3.63, 3.8) is 0 Å². The lowest BCUT2D eigenvalue weighted by atomic mass is 9.96. The van der Waals surface area contributed by atoms with Gasteiger partial charge in [0.25, 0.3) is 11.8 Å². The number of aryl methyl sites for hydroxylation is 1. The monoisotopic (exact) mass is 600 g/mol. The maximum Gasteiger partial charge on any atom is 0.254 e. The van der Waals surface area contributed by atoms with E-state index < -0.39 is 0 Å². The minimum Gasteiger partial charge on any atom is -0.494 e. The lowest BCUT2D eigenvalue weighted by molar-refractivity contribution is 0.0703. The first-order valence-corrected chi connectivity index (χ1v) is 16.2. The summed E-state index contributed by atoms with van der Waals surface area (Å²) in [6, 6.07) is 16.6. The highest BCUT2D eigenvalue weighted by molar-refractivity contribution is 6.01. The summed E-state index contributed by atoms with van der Waals surface area (Å²) >= 11 is 0. The van der Waals surface area contributed by atoms with E-state index in [0.29, 0.717) is 35.7 Å². The SMILES string of the molecule is COc1cc(C(=O)N2CC3CCC2C3)cc2nc(-c3cc4ccc(-c5ccc6c(c5)C(=O)NCC6)nc4n3CC3CC3)n(C)c12. The summed E-state index contributed by atoms with van der Waals surface area (Å²) in [5.74, 6) is 2.78. The summed E-state index contributed by atoms with van der Waals surface area (Å²) in [6.07, 6.45) is 6.72. The van der Waals surface area contributed by atoms with Crippen LogP contribution < -0.4 is 10.1 Å². The van der Waals surface area contributed by atoms with Gasteiger partial charge in [-0.25, -0.2) is 9.97 Å². The predicted molar refractivity (Wildman–Crippen MR) is 172 cm³/mol. The van der Waals surface area contributed by atoms with Crippen molar-refractivity contribution in [2.24, 2.45) is 18.9 Å². The number of carbonyl (C=O) groups excluding carboxylic acids is 2. The number of nitrogens with zero attached hydrogens (tertiary/aromatic N) is 5. The molecule has 3 aromatic heterocycles. The van der Waals surface area contributed by atoms with Gasteiger partial charge in [-0.05, 0) is 92.3 Å². The predicted octanol–water partition coefficient (Wildman–Crippen LogP) is 5.59. The Balaban J connectivity index is 1.15. The van der Waals surface area contributed by atoms with Crippen molar-refractivity contribution in [1.29, 1.82) is 0 Å². The molecule has 9 heteroatoms. The van der Waals surface area contributed by atoms with Crippen LogP contribution in [0, 0.1) is 11.8 Å². The van der Waals surface area contributed by atoms with Crippen molar-refractivity contribution >= 4 is 33.9 Å². The minimum atomic E-state index is -0.0200. The average molecular weight is 601 g/mol. The number of nitrogens with one attached hydrogen (secondary N) is 1. The highest BCUT2D eigenvalue weighted by Crippen LogP contribution is 2.40. The van der Waals surface area contributed by atoms with Gasteiger partial charge in [0.2, 0.25) is 0 Å². The molecule has 2 bridgehead atoms. The molecule has 2 unspecified atom stereocenters. The molecule has 2 atom stereocenters. The van der Waals surface area contributed by atoms with Crippen LogP contribution in [0.3, 0.4) is 0 Å². The van der Waals surface area contributed by atoms with Crippen LogP contribution in [0.5, 0.6) is 5.75 Å². The number of piperidine rings is 1. The zero-order valence-electron chi connectivity index (χ0n) is 25.7. The van der Waals surface area contributed by atoms with E-state index in [1.165, 1.54) is 19.3 Å². The van der Waals surface area contributed by atoms with Gasteiger partial charge in [-0.3, -0.25) is 9.59 Å². The van der Waals surface area contributed by atoms with E-state index in [-0.39, 0.29) is 11.8 Å². The Labute approximate surface area is 261 Å². The fourth-order valence-electron chi connectivity index (χ4n) is 7.95. The number of rotatable bonds is 6. The van der Waals surface area contributed by atoms with Crippen molar-refractivity contribution in [1.82, 2.24) is 29.3 Å². The molecular formula is C36H36N6O3. The number of amides is 2. The Morgan fingerprint density at radius 2 is 1.93 bits per heavy atom. The maximum atomic E-state index is 13.7. The molecule has 2 saturated carbocycles. The minimum absolute atomic E-state index is 0.0200. The number of likely N-dealkylation sites (tertiary alicyclic amines) is 1. The number of benzene rings is 2. The topological polar surface area (TPSA) is 94.3 Å². The van der Waals surface area contributed by atoms with Crippen molar-refractivity contribution in [3.8, 4) is 28.5 Å². The number of aromatic nitrogens is 4. The number of fused-ring (bicyclic) bond motifs is 5. The third-order valence-electron chi connectivity index (χ3n) is 10.5. The molecule has 0 radical (unpaired) electrons. The van der Waals surface area contributed by atoms with Gasteiger partial charge in [-0.1, -0.05) is 12.1 Å². The van der Waals surface area contributed by atoms with E-state index in [1.807, 2.05) is 31.3 Å². The first kappa shape index (κ1) is 26.7. The smallest absolute Gasteiger partial charge is 0.254 e. The number of hydrogen-bond donors (Lipinski definition) is 1. The van der Waals surface area contributed by atoms with Gasteiger partial charge in [-0.2, -0.15) is 0 Å². The van der Waals surface area contributed by atoms with Gasteiger partial charge in [0, 0.05) is 54.8 Å². The lowest BCUT2D eigenvalue weighted by Crippen LogP contribution is -2.37. The second-order valence-electron chi connectivity index (χ2n) is 13.4. The number of methoxy groups -OCH3 is 1. The standard InChI is InChI=1S/C36H36N6O3/c1-40-32-29(15-25(17-31(32)45-2)36(44)41-19-21-5-9-26(41)13-21)39-34(40)30-16-24-8-10-28(38-33(24)42(30)18-20-3-4-20)23-7-6-22-11-12-37-35(43)27(22)14-23/h6-8,10,14-17,20-21,26H,3-5,9,11-13,18-19H2,1-2H3,(H,37,43). The molecule has 3 fully saturated rings. The summed E-state index contributed by atoms with van der Waals surface area (Å²) in [4.78, 5) is 38.6. The number of hydrogen-bond acceptors (Lipinski definition) is 5. The molecule has 5 heterocycles. The molecule has 1 saturated heterocycles.